The number of hydrogen-bond acceptors (Lipinski definition) is 5. The summed E-state index contributed by atoms with van der Waals surface area (Å²) in [6.45, 7) is 5.93. The Morgan fingerprint density at radius 1 is 0.833 bits per heavy atom. The van der Waals surface area contributed by atoms with E-state index in [1.165, 1.54) is 25.7 Å². The van der Waals surface area contributed by atoms with Gasteiger partial charge < -0.3 is 14.7 Å². The van der Waals surface area contributed by atoms with E-state index in [0.717, 1.165) is 63.7 Å². The van der Waals surface area contributed by atoms with E-state index in [1.807, 2.05) is 12.4 Å². The minimum atomic E-state index is 0.212. The Balaban J connectivity index is 1.32. The second-order valence-electron chi connectivity index (χ2n) is 7.23. The predicted octanol–water partition coefficient (Wildman–Crippen LogP) is 1.92. The topological polar surface area (TPSA) is 52.6 Å². The lowest BCUT2D eigenvalue weighted by molar-refractivity contribution is -0.135. The molecule has 4 heterocycles. The van der Waals surface area contributed by atoms with Crippen LogP contribution in [0.15, 0.2) is 12.4 Å². The third-order valence-corrected chi connectivity index (χ3v) is 5.64. The molecule has 4 rings (SSSR count). The van der Waals surface area contributed by atoms with Gasteiger partial charge in [0.05, 0.1) is 18.1 Å². The number of aromatic nitrogens is 2. The van der Waals surface area contributed by atoms with Crippen molar-refractivity contribution >= 4 is 17.5 Å². The van der Waals surface area contributed by atoms with Crippen LogP contribution in [0.3, 0.4) is 0 Å². The van der Waals surface area contributed by atoms with Gasteiger partial charge in [-0.1, -0.05) is 0 Å². The average Bonchev–Trinajstić information content (AvgIpc) is 3.35. The van der Waals surface area contributed by atoms with Gasteiger partial charge in [-0.05, 0) is 38.5 Å². The molecule has 0 N–H and O–H groups in total. The van der Waals surface area contributed by atoms with E-state index < -0.39 is 0 Å². The zero-order valence-electron chi connectivity index (χ0n) is 14.4. The summed E-state index contributed by atoms with van der Waals surface area (Å²) in [5, 5.41) is 0. The Bertz CT molecular complexity index is 555. The number of nitrogens with zero attached hydrogens (tertiary/aromatic N) is 5. The van der Waals surface area contributed by atoms with E-state index in [9.17, 15) is 4.79 Å². The Kier molecular flexibility index (Phi) is 4.54. The minimum Gasteiger partial charge on any atom is -0.369 e. The standard InChI is InChI=1S/C18H27N5O/c24-17(22-7-1-2-8-22)15-5-11-21(12-6-15)16-13-19-18(20-14-16)23-9-3-4-10-23/h13-15H,1-12H2. The van der Waals surface area contributed by atoms with E-state index in [0.29, 0.717) is 5.91 Å². The van der Waals surface area contributed by atoms with Crippen LogP contribution in [-0.2, 0) is 4.79 Å². The van der Waals surface area contributed by atoms with Crippen molar-refractivity contribution < 1.29 is 4.79 Å². The molecule has 1 amide bonds. The molecule has 0 spiro atoms. The first kappa shape index (κ1) is 15.7. The summed E-state index contributed by atoms with van der Waals surface area (Å²) in [4.78, 5) is 28.3. The SMILES string of the molecule is O=C(C1CCN(c2cnc(N3CCCC3)nc2)CC1)N1CCCC1. The van der Waals surface area contributed by atoms with Crippen LogP contribution in [0.5, 0.6) is 0 Å². The molecule has 1 aromatic heterocycles. The molecule has 130 valence electrons. The number of rotatable bonds is 3. The van der Waals surface area contributed by atoms with Gasteiger partial charge in [-0.25, -0.2) is 9.97 Å². The lowest BCUT2D eigenvalue weighted by Crippen LogP contribution is -2.41. The van der Waals surface area contributed by atoms with E-state index >= 15 is 0 Å². The van der Waals surface area contributed by atoms with Gasteiger partial charge in [0, 0.05) is 45.2 Å². The molecule has 0 saturated carbocycles. The van der Waals surface area contributed by atoms with Crippen LogP contribution in [-0.4, -0.2) is 60.0 Å². The summed E-state index contributed by atoms with van der Waals surface area (Å²) in [5.41, 5.74) is 1.09. The van der Waals surface area contributed by atoms with Crippen molar-refractivity contribution in [3.05, 3.63) is 12.4 Å². The summed E-state index contributed by atoms with van der Waals surface area (Å²) >= 11 is 0. The van der Waals surface area contributed by atoms with Crippen LogP contribution in [0, 0.1) is 5.92 Å². The molecule has 6 nitrogen and oxygen atoms in total. The zero-order chi connectivity index (χ0) is 16.4. The number of piperidine rings is 1. The molecule has 3 aliphatic heterocycles. The maximum Gasteiger partial charge on any atom is 0.225 e. The van der Waals surface area contributed by atoms with E-state index in [4.69, 9.17) is 0 Å². The molecule has 24 heavy (non-hydrogen) atoms. The highest BCUT2D eigenvalue weighted by molar-refractivity contribution is 5.79. The van der Waals surface area contributed by atoms with Crippen LogP contribution >= 0.6 is 0 Å². The number of carbonyl (C=O) groups excluding carboxylic acids is 1. The van der Waals surface area contributed by atoms with Crippen molar-refractivity contribution in [1.82, 2.24) is 14.9 Å². The average molecular weight is 329 g/mol. The molecule has 0 unspecified atom stereocenters. The highest BCUT2D eigenvalue weighted by atomic mass is 16.2. The largest absolute Gasteiger partial charge is 0.369 e. The molecule has 1 aromatic rings. The lowest BCUT2D eigenvalue weighted by Gasteiger charge is -2.34. The van der Waals surface area contributed by atoms with Crippen molar-refractivity contribution in [1.29, 1.82) is 0 Å². The number of hydrogen-bond donors (Lipinski definition) is 0. The summed E-state index contributed by atoms with van der Waals surface area (Å²) in [7, 11) is 0. The summed E-state index contributed by atoms with van der Waals surface area (Å²) < 4.78 is 0. The first-order valence-electron chi connectivity index (χ1n) is 9.42. The van der Waals surface area contributed by atoms with Gasteiger partial charge in [0.1, 0.15) is 0 Å². The Morgan fingerprint density at radius 3 is 2.04 bits per heavy atom. The van der Waals surface area contributed by atoms with Crippen LogP contribution in [0.2, 0.25) is 0 Å². The third kappa shape index (κ3) is 3.19. The number of amides is 1. The molecule has 6 heteroatoms. The van der Waals surface area contributed by atoms with Gasteiger partial charge in [0.25, 0.3) is 0 Å². The van der Waals surface area contributed by atoms with Crippen molar-refractivity contribution in [3.63, 3.8) is 0 Å². The molecular weight excluding hydrogens is 302 g/mol. The van der Waals surface area contributed by atoms with Crippen molar-refractivity contribution in [2.24, 2.45) is 5.92 Å². The van der Waals surface area contributed by atoms with E-state index in [2.05, 4.69) is 24.7 Å². The van der Waals surface area contributed by atoms with Gasteiger partial charge in [-0.15, -0.1) is 0 Å². The molecule has 3 aliphatic rings. The molecule has 0 aliphatic carbocycles. The second kappa shape index (κ2) is 6.95. The minimum absolute atomic E-state index is 0.212. The second-order valence-corrected chi connectivity index (χ2v) is 7.23. The van der Waals surface area contributed by atoms with Gasteiger partial charge in [0.15, 0.2) is 0 Å². The Morgan fingerprint density at radius 2 is 1.42 bits per heavy atom. The van der Waals surface area contributed by atoms with Crippen LogP contribution < -0.4 is 9.80 Å². The Hall–Kier alpha value is -1.85. The summed E-state index contributed by atoms with van der Waals surface area (Å²) in [6.07, 6.45) is 10.6. The zero-order valence-corrected chi connectivity index (χ0v) is 14.4. The van der Waals surface area contributed by atoms with Crippen LogP contribution in [0.25, 0.3) is 0 Å². The molecular formula is C18H27N5O. The van der Waals surface area contributed by atoms with Gasteiger partial charge in [-0.3, -0.25) is 4.79 Å². The first-order chi connectivity index (χ1) is 11.8. The molecule has 3 saturated heterocycles. The van der Waals surface area contributed by atoms with Crippen molar-refractivity contribution in [3.8, 4) is 0 Å². The lowest BCUT2D eigenvalue weighted by atomic mass is 9.95. The summed E-state index contributed by atoms with van der Waals surface area (Å²) in [6, 6.07) is 0. The highest BCUT2D eigenvalue weighted by Crippen LogP contribution is 2.26. The molecule has 0 atom stereocenters. The monoisotopic (exact) mass is 329 g/mol. The molecule has 0 aromatic carbocycles. The van der Waals surface area contributed by atoms with E-state index in [-0.39, 0.29) is 5.92 Å². The fourth-order valence-electron chi connectivity index (χ4n) is 4.14. The van der Waals surface area contributed by atoms with Crippen LogP contribution in [0.1, 0.15) is 38.5 Å². The third-order valence-electron chi connectivity index (χ3n) is 5.64. The normalized spacial score (nSPS) is 22.4. The molecule has 0 radical (unpaired) electrons. The fraction of sp³-hybridized carbons (Fsp3) is 0.722. The number of carbonyl (C=O) groups is 1. The molecule has 3 fully saturated rings. The summed E-state index contributed by atoms with van der Waals surface area (Å²) in [5.74, 6) is 1.45. The predicted molar refractivity (Wildman–Crippen MR) is 94.2 cm³/mol. The quantitative estimate of drug-likeness (QED) is 0.848. The van der Waals surface area contributed by atoms with Crippen LogP contribution in [0.4, 0.5) is 11.6 Å². The maximum atomic E-state index is 12.5. The van der Waals surface area contributed by atoms with Crippen molar-refractivity contribution in [2.75, 3.05) is 49.1 Å². The highest BCUT2D eigenvalue weighted by Gasteiger charge is 2.30. The van der Waals surface area contributed by atoms with Crippen molar-refractivity contribution in [2.45, 2.75) is 38.5 Å². The first-order valence-corrected chi connectivity index (χ1v) is 9.42. The Labute approximate surface area is 143 Å². The fourth-order valence-corrected chi connectivity index (χ4v) is 4.14. The van der Waals surface area contributed by atoms with Gasteiger partial charge in [-0.2, -0.15) is 0 Å². The van der Waals surface area contributed by atoms with Gasteiger partial charge in [0.2, 0.25) is 11.9 Å². The number of anilines is 2. The maximum absolute atomic E-state index is 12.5. The van der Waals surface area contributed by atoms with E-state index in [1.54, 1.807) is 0 Å². The van der Waals surface area contributed by atoms with Gasteiger partial charge >= 0.3 is 0 Å². The number of likely N-dealkylation sites (tertiary alicyclic amines) is 1. The smallest absolute Gasteiger partial charge is 0.225 e. The molecule has 0 bridgehead atoms.